The van der Waals surface area contributed by atoms with Gasteiger partial charge in [0, 0.05) is 66.2 Å². The molecule has 0 fully saturated rings. The summed E-state index contributed by atoms with van der Waals surface area (Å²) in [6.45, 7) is 19.2. The zero-order valence-corrected chi connectivity index (χ0v) is 23.7. The fourth-order valence-corrected chi connectivity index (χ4v) is 5.83. The molecule has 0 aliphatic carbocycles. The van der Waals surface area contributed by atoms with Crippen LogP contribution < -0.4 is 0 Å². The zero-order valence-electron chi connectivity index (χ0n) is 18.7. The maximum Gasteiger partial charge on any atom is 2.00 e. The van der Waals surface area contributed by atoms with Crippen LogP contribution in [0.25, 0.3) is 0 Å². The number of hydrogen-bond acceptors (Lipinski definition) is 0. The van der Waals surface area contributed by atoms with Crippen LogP contribution in [0.4, 0.5) is 34.5 Å². The molecule has 0 spiro atoms. The first-order chi connectivity index (χ1) is 12.3. The van der Waals surface area contributed by atoms with Crippen LogP contribution in [0.5, 0.6) is 0 Å². The van der Waals surface area contributed by atoms with Gasteiger partial charge < -0.3 is 34.5 Å². The number of rotatable bonds is 8. The summed E-state index contributed by atoms with van der Waals surface area (Å²) in [5, 5.41) is 0. The Bertz CT molecular complexity index is 263. The average molecular weight is 565 g/mol. The van der Waals surface area contributed by atoms with E-state index in [0.717, 1.165) is 0 Å². The van der Waals surface area contributed by atoms with Crippen LogP contribution in [-0.2, 0) is 16.5 Å². The first-order valence-corrected chi connectivity index (χ1v) is 20.0. The summed E-state index contributed by atoms with van der Waals surface area (Å²) in [6.07, 6.45) is 9.12. The summed E-state index contributed by atoms with van der Waals surface area (Å²) < 4.78 is 78.0. The van der Waals surface area contributed by atoms with E-state index in [9.17, 15) is 34.5 Å². The van der Waals surface area contributed by atoms with Gasteiger partial charge in [-0.15, -0.1) is 0 Å². The first-order valence-electron chi connectivity index (χ1n) is 9.16. The van der Waals surface area contributed by atoms with Crippen LogP contribution in [0.2, 0.25) is 0 Å². The molecule has 0 saturated carbocycles. The van der Waals surface area contributed by atoms with Gasteiger partial charge in [-0.05, 0) is 31.7 Å². The Hall–Kier alpha value is 1.78. The molecule has 0 aromatic rings. The summed E-state index contributed by atoms with van der Waals surface area (Å²) in [5.74, 6) is 0. The van der Waals surface area contributed by atoms with E-state index in [-0.39, 0.29) is 48.2 Å². The van der Waals surface area contributed by atoms with Crippen molar-refractivity contribution in [3.63, 3.8) is 0 Å². The monoisotopic (exact) mass is 564 g/mol. The van der Waals surface area contributed by atoms with Crippen molar-refractivity contribution in [3.8, 4) is 0 Å². The molecule has 0 heterocycles. The minimum atomic E-state index is -6.00. The topological polar surface area (TPSA) is 0 Å². The summed E-state index contributed by atoms with van der Waals surface area (Å²) >= 11 is 0. The molecule has 0 radical (unpaired) electrons. The Labute approximate surface area is 188 Å². The van der Waals surface area contributed by atoms with E-state index >= 15 is 0 Å². The van der Waals surface area contributed by atoms with Crippen molar-refractivity contribution in [2.45, 2.75) is 12.8 Å². The van der Waals surface area contributed by atoms with Crippen LogP contribution in [0.15, 0.2) is 0 Å². The van der Waals surface area contributed by atoms with Crippen molar-refractivity contribution in [3.05, 3.63) is 0 Å². The molecule has 0 unspecified atom stereocenters. The standard InChI is InChI=1S/2C7H18P2.2BF4.Ni/c2*1-8(2)6-5-7-9(3)4;2*2-1(3,4)5;/h2*5-7H2,1-4H3;;;/q;;2*-1;+2/p+4. The molecule has 184 valence electrons. The maximum atomic E-state index is 9.75. The molecule has 0 atom stereocenters. The van der Waals surface area contributed by atoms with E-state index in [1.165, 1.54) is 37.5 Å². The molecule has 29 heavy (non-hydrogen) atoms. The van der Waals surface area contributed by atoms with Crippen LogP contribution in [0.1, 0.15) is 12.8 Å². The minimum Gasteiger partial charge on any atom is -0.418 e. The zero-order chi connectivity index (χ0) is 23.6. The first kappa shape index (κ1) is 41.1. The molecule has 0 aromatic heterocycles. The van der Waals surface area contributed by atoms with Gasteiger partial charge in [-0.2, -0.15) is 0 Å². The summed E-state index contributed by atoms with van der Waals surface area (Å²) in [5.41, 5.74) is 0. The molecule has 0 amide bonds. The van der Waals surface area contributed by atoms with Crippen molar-refractivity contribution in [1.29, 1.82) is 0 Å². The molecule has 15 heteroatoms. The van der Waals surface area contributed by atoms with Gasteiger partial charge in [0.1, 0.15) is 0 Å². The quantitative estimate of drug-likeness (QED) is 0.166. The van der Waals surface area contributed by atoms with Crippen LogP contribution in [0, 0.1) is 0 Å². The largest absolute Gasteiger partial charge is 2.00 e. The van der Waals surface area contributed by atoms with Crippen molar-refractivity contribution in [2.24, 2.45) is 0 Å². The van der Waals surface area contributed by atoms with E-state index in [4.69, 9.17) is 0 Å². The third kappa shape index (κ3) is 121. The van der Waals surface area contributed by atoms with Crippen molar-refractivity contribution in [2.75, 3.05) is 78.0 Å². The molecule has 0 rings (SSSR count). The van der Waals surface area contributed by atoms with Crippen molar-refractivity contribution >= 4 is 46.2 Å². The molecule has 0 aromatic carbocycles. The smallest absolute Gasteiger partial charge is 0.418 e. The Kier molecular flexibility index (Phi) is 34.6. The maximum absolute atomic E-state index is 9.75. The number of hydrogen-bond donors (Lipinski definition) is 0. The van der Waals surface area contributed by atoms with Gasteiger partial charge in [-0.25, -0.2) is 0 Å². The fraction of sp³-hybridized carbons (Fsp3) is 1.00. The van der Waals surface area contributed by atoms with Crippen molar-refractivity contribution in [1.82, 2.24) is 0 Å². The summed E-state index contributed by atoms with van der Waals surface area (Å²) in [4.78, 5) is 0. The SMILES string of the molecule is C[PH+](C)CCC[PH+](C)C.C[PH+](C)CCC[PH+](C)C.F[B-](F)(F)F.F[B-](F)(F)F.[Ni+2]. The van der Waals surface area contributed by atoms with E-state index in [1.807, 2.05) is 0 Å². The van der Waals surface area contributed by atoms with Gasteiger partial charge in [0.05, 0.1) is 24.6 Å². The van der Waals surface area contributed by atoms with Crippen LogP contribution >= 0.6 is 31.7 Å². The Balaban J connectivity index is -0.0000000907. The fourth-order valence-electron chi connectivity index (χ4n) is 1.59. The second-order valence-electron chi connectivity index (χ2n) is 7.53. The Morgan fingerprint density at radius 2 is 0.517 bits per heavy atom. The molecular weight excluding hydrogens is 524 g/mol. The van der Waals surface area contributed by atoms with E-state index in [1.54, 1.807) is 0 Å². The van der Waals surface area contributed by atoms with Crippen molar-refractivity contribution < 1.29 is 51.0 Å². The van der Waals surface area contributed by atoms with Gasteiger partial charge in [0.15, 0.2) is 0 Å². The molecular formula is C14H40B2F8NiP4+4. The predicted molar refractivity (Wildman–Crippen MR) is 130 cm³/mol. The normalized spacial score (nSPS) is 11.2. The minimum absolute atomic E-state index is 0. The molecule has 0 nitrogen and oxygen atoms in total. The third-order valence-electron chi connectivity index (χ3n) is 2.71. The summed E-state index contributed by atoms with van der Waals surface area (Å²) in [7, 11) is -11.7. The second kappa shape index (κ2) is 24.4. The van der Waals surface area contributed by atoms with Gasteiger partial charge >= 0.3 is 31.0 Å². The van der Waals surface area contributed by atoms with Gasteiger partial charge in [-0.1, -0.05) is 0 Å². The second-order valence-corrected chi connectivity index (χ2v) is 19.2. The van der Waals surface area contributed by atoms with E-state index in [2.05, 4.69) is 53.3 Å². The van der Waals surface area contributed by atoms with Gasteiger partial charge in [0.25, 0.3) is 0 Å². The predicted octanol–water partition coefficient (Wildman–Crippen LogP) is 7.25. The van der Waals surface area contributed by atoms with E-state index in [0.29, 0.717) is 0 Å². The average Bonchev–Trinajstić information content (AvgIpc) is 2.33. The van der Waals surface area contributed by atoms with Crippen LogP contribution in [-0.4, -0.2) is 92.5 Å². The number of halogens is 8. The molecule has 0 aliphatic rings. The van der Waals surface area contributed by atoms with Gasteiger partial charge in [0.2, 0.25) is 0 Å². The molecule has 0 saturated heterocycles. The van der Waals surface area contributed by atoms with E-state index < -0.39 is 14.5 Å². The van der Waals surface area contributed by atoms with Crippen LogP contribution in [0.3, 0.4) is 0 Å². The molecule has 0 aliphatic heterocycles. The Morgan fingerprint density at radius 3 is 0.586 bits per heavy atom. The molecule has 0 bridgehead atoms. The molecule has 0 N–H and O–H groups in total. The third-order valence-corrected chi connectivity index (χ3v) is 8.12. The Morgan fingerprint density at radius 1 is 0.414 bits per heavy atom. The van der Waals surface area contributed by atoms with Gasteiger partial charge in [-0.3, -0.25) is 0 Å². The summed E-state index contributed by atoms with van der Waals surface area (Å²) in [6, 6.07) is 0.